The molecule has 2 nitrogen and oxygen atoms in total. The van der Waals surface area contributed by atoms with Crippen molar-refractivity contribution >= 4 is 21.6 Å². The standard InChI is InChI=1S/C12H17BrN2/c1-12(14-2)7-8-15(9-12)11-6-4-3-5-10(11)13/h3-6,14H,7-9H2,1-2H3. The summed E-state index contributed by atoms with van der Waals surface area (Å²) in [6.45, 7) is 4.48. The fraction of sp³-hybridized carbons (Fsp3) is 0.500. The predicted octanol–water partition coefficient (Wildman–Crippen LogP) is 2.64. The highest BCUT2D eigenvalue weighted by atomic mass is 79.9. The van der Waals surface area contributed by atoms with Gasteiger partial charge in [-0.3, -0.25) is 0 Å². The first-order chi connectivity index (χ1) is 7.14. The van der Waals surface area contributed by atoms with Gasteiger partial charge in [0.15, 0.2) is 0 Å². The molecule has 0 aromatic heterocycles. The van der Waals surface area contributed by atoms with Gasteiger partial charge < -0.3 is 10.2 Å². The van der Waals surface area contributed by atoms with Gasteiger partial charge in [-0.25, -0.2) is 0 Å². The molecule has 1 fully saturated rings. The molecule has 3 heteroatoms. The lowest BCUT2D eigenvalue weighted by Crippen LogP contribution is -2.42. The zero-order chi connectivity index (χ0) is 10.9. The van der Waals surface area contributed by atoms with Crippen LogP contribution in [0.1, 0.15) is 13.3 Å². The molecule has 0 bridgehead atoms. The molecule has 1 N–H and O–H groups in total. The van der Waals surface area contributed by atoms with E-state index in [4.69, 9.17) is 0 Å². The van der Waals surface area contributed by atoms with Gasteiger partial charge in [0.05, 0.1) is 5.69 Å². The van der Waals surface area contributed by atoms with Crippen molar-refractivity contribution in [3.63, 3.8) is 0 Å². The summed E-state index contributed by atoms with van der Waals surface area (Å²) in [5.41, 5.74) is 1.56. The molecule has 82 valence electrons. The molecule has 0 saturated carbocycles. The molecular weight excluding hydrogens is 252 g/mol. The second-order valence-electron chi connectivity index (χ2n) is 4.43. The third-order valence-corrected chi connectivity index (χ3v) is 3.94. The fourth-order valence-corrected chi connectivity index (χ4v) is 2.61. The number of rotatable bonds is 2. The molecule has 1 heterocycles. The zero-order valence-electron chi connectivity index (χ0n) is 9.26. The fourth-order valence-electron chi connectivity index (χ4n) is 2.08. The van der Waals surface area contributed by atoms with Crippen molar-refractivity contribution in [2.45, 2.75) is 18.9 Å². The van der Waals surface area contributed by atoms with Crippen LogP contribution in [-0.2, 0) is 0 Å². The molecule has 1 aromatic rings. The lowest BCUT2D eigenvalue weighted by molar-refractivity contribution is 0.428. The Bertz CT molecular complexity index is 353. The van der Waals surface area contributed by atoms with Gasteiger partial charge in [-0.1, -0.05) is 12.1 Å². The highest BCUT2D eigenvalue weighted by Crippen LogP contribution is 2.31. The highest BCUT2D eigenvalue weighted by molar-refractivity contribution is 9.10. The smallest absolute Gasteiger partial charge is 0.0511 e. The van der Waals surface area contributed by atoms with E-state index in [2.05, 4.69) is 57.3 Å². The van der Waals surface area contributed by atoms with Crippen LogP contribution in [0.15, 0.2) is 28.7 Å². The Kier molecular flexibility index (Phi) is 3.03. The van der Waals surface area contributed by atoms with Crippen LogP contribution in [0.2, 0.25) is 0 Å². The second-order valence-corrected chi connectivity index (χ2v) is 5.29. The molecule has 1 aliphatic heterocycles. The van der Waals surface area contributed by atoms with E-state index in [9.17, 15) is 0 Å². The van der Waals surface area contributed by atoms with E-state index in [1.807, 2.05) is 7.05 Å². The van der Waals surface area contributed by atoms with E-state index >= 15 is 0 Å². The van der Waals surface area contributed by atoms with Crippen LogP contribution in [0, 0.1) is 0 Å². The number of halogens is 1. The third-order valence-electron chi connectivity index (χ3n) is 3.27. The predicted molar refractivity (Wildman–Crippen MR) is 68.4 cm³/mol. The Labute approximate surface area is 99.8 Å². The minimum absolute atomic E-state index is 0.259. The van der Waals surface area contributed by atoms with Crippen LogP contribution in [0.5, 0.6) is 0 Å². The maximum absolute atomic E-state index is 3.60. The summed E-state index contributed by atoms with van der Waals surface area (Å²) in [7, 11) is 2.05. The minimum atomic E-state index is 0.259. The summed E-state index contributed by atoms with van der Waals surface area (Å²) in [6.07, 6.45) is 1.20. The quantitative estimate of drug-likeness (QED) is 0.888. The SMILES string of the molecule is CNC1(C)CCN(c2ccccc2Br)C1. The summed E-state index contributed by atoms with van der Waals surface area (Å²) in [5, 5.41) is 3.40. The van der Waals surface area contributed by atoms with Crippen molar-refractivity contribution in [1.82, 2.24) is 5.32 Å². The molecular formula is C12H17BrN2. The molecule has 1 aromatic carbocycles. The first-order valence-electron chi connectivity index (χ1n) is 5.33. The average molecular weight is 269 g/mol. The van der Waals surface area contributed by atoms with Gasteiger partial charge in [-0.15, -0.1) is 0 Å². The van der Waals surface area contributed by atoms with Crippen LogP contribution >= 0.6 is 15.9 Å². The van der Waals surface area contributed by atoms with Crippen molar-refractivity contribution in [1.29, 1.82) is 0 Å². The molecule has 0 aliphatic carbocycles. The normalized spacial score (nSPS) is 25.9. The van der Waals surface area contributed by atoms with E-state index in [1.54, 1.807) is 0 Å². The van der Waals surface area contributed by atoms with Crippen molar-refractivity contribution in [3.05, 3.63) is 28.7 Å². The molecule has 1 atom stereocenters. The van der Waals surface area contributed by atoms with Crippen molar-refractivity contribution in [3.8, 4) is 0 Å². The van der Waals surface area contributed by atoms with E-state index in [1.165, 1.54) is 16.6 Å². The average Bonchev–Trinajstić information content (AvgIpc) is 2.63. The van der Waals surface area contributed by atoms with E-state index in [0.29, 0.717) is 0 Å². The molecule has 1 unspecified atom stereocenters. The van der Waals surface area contributed by atoms with Crippen LogP contribution < -0.4 is 10.2 Å². The Morgan fingerprint density at radius 2 is 2.13 bits per heavy atom. The molecule has 2 rings (SSSR count). The summed E-state index contributed by atoms with van der Waals surface area (Å²) in [5.74, 6) is 0. The maximum atomic E-state index is 3.60. The summed E-state index contributed by atoms with van der Waals surface area (Å²) >= 11 is 3.60. The van der Waals surface area contributed by atoms with Gasteiger partial charge in [-0.2, -0.15) is 0 Å². The summed E-state index contributed by atoms with van der Waals surface area (Å²) in [6, 6.07) is 8.42. The van der Waals surface area contributed by atoms with E-state index in [0.717, 1.165) is 13.1 Å². The van der Waals surface area contributed by atoms with Crippen LogP contribution in [0.3, 0.4) is 0 Å². The van der Waals surface area contributed by atoms with Gasteiger partial charge in [0, 0.05) is 23.1 Å². The number of likely N-dealkylation sites (N-methyl/N-ethyl adjacent to an activating group) is 1. The largest absolute Gasteiger partial charge is 0.369 e. The monoisotopic (exact) mass is 268 g/mol. The highest BCUT2D eigenvalue weighted by Gasteiger charge is 2.32. The molecule has 1 saturated heterocycles. The first kappa shape index (κ1) is 11.0. The summed E-state index contributed by atoms with van der Waals surface area (Å²) in [4.78, 5) is 2.43. The number of hydrogen-bond donors (Lipinski definition) is 1. The minimum Gasteiger partial charge on any atom is -0.369 e. The Morgan fingerprint density at radius 3 is 2.73 bits per heavy atom. The number of nitrogens with one attached hydrogen (secondary N) is 1. The second kappa shape index (κ2) is 4.14. The van der Waals surface area contributed by atoms with Gasteiger partial charge in [0.25, 0.3) is 0 Å². The van der Waals surface area contributed by atoms with Crippen LogP contribution in [-0.4, -0.2) is 25.7 Å². The van der Waals surface area contributed by atoms with Crippen molar-refractivity contribution in [2.24, 2.45) is 0 Å². The molecule has 0 spiro atoms. The van der Waals surface area contributed by atoms with Gasteiger partial charge in [-0.05, 0) is 48.5 Å². The van der Waals surface area contributed by atoms with Crippen molar-refractivity contribution < 1.29 is 0 Å². The topological polar surface area (TPSA) is 15.3 Å². The first-order valence-corrected chi connectivity index (χ1v) is 6.12. The molecule has 15 heavy (non-hydrogen) atoms. The number of anilines is 1. The van der Waals surface area contributed by atoms with Gasteiger partial charge in [0.1, 0.15) is 0 Å². The number of para-hydroxylation sites is 1. The number of benzene rings is 1. The molecule has 1 aliphatic rings. The van der Waals surface area contributed by atoms with E-state index < -0.39 is 0 Å². The Morgan fingerprint density at radius 1 is 1.40 bits per heavy atom. The van der Waals surface area contributed by atoms with Crippen molar-refractivity contribution in [2.75, 3.05) is 25.0 Å². The van der Waals surface area contributed by atoms with Gasteiger partial charge >= 0.3 is 0 Å². The van der Waals surface area contributed by atoms with Gasteiger partial charge in [0.2, 0.25) is 0 Å². The van der Waals surface area contributed by atoms with Crippen LogP contribution in [0.4, 0.5) is 5.69 Å². The molecule has 0 amide bonds. The Balaban J connectivity index is 2.18. The zero-order valence-corrected chi connectivity index (χ0v) is 10.8. The Hall–Kier alpha value is -0.540. The molecule has 0 radical (unpaired) electrons. The maximum Gasteiger partial charge on any atom is 0.0511 e. The number of hydrogen-bond acceptors (Lipinski definition) is 2. The van der Waals surface area contributed by atoms with E-state index in [-0.39, 0.29) is 5.54 Å². The summed E-state index contributed by atoms with van der Waals surface area (Å²) < 4.78 is 1.19. The number of nitrogens with zero attached hydrogens (tertiary/aromatic N) is 1. The third kappa shape index (κ3) is 2.18. The lowest BCUT2D eigenvalue weighted by Gasteiger charge is -2.25. The van der Waals surface area contributed by atoms with Crippen LogP contribution in [0.25, 0.3) is 0 Å². The lowest BCUT2D eigenvalue weighted by atomic mass is 10.0.